The molecule has 0 spiro atoms. The molecule has 0 atom stereocenters. The van der Waals surface area contributed by atoms with Gasteiger partial charge in [-0.1, -0.05) is 29.4 Å². The van der Waals surface area contributed by atoms with E-state index in [-0.39, 0.29) is 0 Å². The highest BCUT2D eigenvalue weighted by Gasteiger charge is 2.06. The van der Waals surface area contributed by atoms with Crippen LogP contribution in [0, 0.1) is 0 Å². The molecule has 5 nitrogen and oxygen atoms in total. The zero-order valence-electron chi connectivity index (χ0n) is 9.87. The summed E-state index contributed by atoms with van der Waals surface area (Å²) in [6.45, 7) is 0. The van der Waals surface area contributed by atoms with Gasteiger partial charge in [0.2, 0.25) is 5.88 Å². The Kier molecular flexibility index (Phi) is 2.37. The van der Waals surface area contributed by atoms with Crippen molar-refractivity contribution in [1.82, 2.24) is 14.7 Å². The molecule has 1 aromatic carbocycles. The maximum absolute atomic E-state index is 5.50. The van der Waals surface area contributed by atoms with Gasteiger partial charge in [0, 0.05) is 36.6 Å². The number of anilines is 1. The van der Waals surface area contributed by atoms with E-state index in [4.69, 9.17) is 10.3 Å². The summed E-state index contributed by atoms with van der Waals surface area (Å²) in [5.41, 5.74) is 8.26. The number of benzene rings is 1. The number of hydrogen-bond acceptors (Lipinski definition) is 4. The first-order valence-electron chi connectivity index (χ1n) is 5.54. The summed E-state index contributed by atoms with van der Waals surface area (Å²) in [4.78, 5) is 4.30. The fourth-order valence-corrected chi connectivity index (χ4v) is 1.86. The average molecular weight is 240 g/mol. The standard InChI is InChI=1S/C13H12N4O/c1-17-7-6-15-13(17)10-4-2-9(3-5-10)11-8-12(14)18-16-11/h2-8H,14H2,1H3. The third-order valence-corrected chi connectivity index (χ3v) is 2.79. The predicted molar refractivity (Wildman–Crippen MR) is 68.6 cm³/mol. The fraction of sp³-hybridized carbons (Fsp3) is 0.0769. The molecule has 5 heteroatoms. The van der Waals surface area contributed by atoms with Gasteiger partial charge in [0.05, 0.1) is 0 Å². The number of hydrogen-bond donors (Lipinski definition) is 1. The maximum atomic E-state index is 5.50. The fourth-order valence-electron chi connectivity index (χ4n) is 1.86. The van der Waals surface area contributed by atoms with Gasteiger partial charge in [0.1, 0.15) is 11.5 Å². The van der Waals surface area contributed by atoms with Crippen molar-refractivity contribution in [3.05, 3.63) is 42.7 Å². The third-order valence-electron chi connectivity index (χ3n) is 2.79. The van der Waals surface area contributed by atoms with Crippen molar-refractivity contribution in [3.63, 3.8) is 0 Å². The Balaban J connectivity index is 1.97. The summed E-state index contributed by atoms with van der Waals surface area (Å²) in [5, 5.41) is 3.88. The highest BCUT2D eigenvalue weighted by Crippen LogP contribution is 2.23. The van der Waals surface area contributed by atoms with Crippen molar-refractivity contribution < 1.29 is 4.52 Å². The van der Waals surface area contributed by atoms with Crippen LogP contribution in [0.4, 0.5) is 5.88 Å². The lowest BCUT2D eigenvalue weighted by molar-refractivity contribution is 0.439. The van der Waals surface area contributed by atoms with Gasteiger partial charge in [0.25, 0.3) is 0 Å². The molecule has 0 bridgehead atoms. The van der Waals surface area contributed by atoms with Crippen LogP contribution in [0.15, 0.2) is 47.2 Å². The Morgan fingerprint density at radius 3 is 2.44 bits per heavy atom. The van der Waals surface area contributed by atoms with Crippen molar-refractivity contribution in [2.24, 2.45) is 7.05 Å². The second kappa shape index (κ2) is 4.03. The molecule has 0 amide bonds. The zero-order valence-corrected chi connectivity index (χ0v) is 9.87. The highest BCUT2D eigenvalue weighted by molar-refractivity contribution is 5.66. The number of nitrogens with zero attached hydrogens (tertiary/aromatic N) is 3. The van der Waals surface area contributed by atoms with Crippen LogP contribution in [0.25, 0.3) is 22.6 Å². The molecule has 3 rings (SSSR count). The number of nitrogens with two attached hydrogens (primary N) is 1. The maximum Gasteiger partial charge on any atom is 0.222 e. The molecule has 0 aliphatic heterocycles. The van der Waals surface area contributed by atoms with Crippen LogP contribution in [0.3, 0.4) is 0 Å². The van der Waals surface area contributed by atoms with E-state index in [1.165, 1.54) is 0 Å². The molecule has 0 aliphatic rings. The first kappa shape index (κ1) is 10.6. The Labute approximate surface area is 104 Å². The molecule has 0 saturated carbocycles. The van der Waals surface area contributed by atoms with E-state index in [0.29, 0.717) is 5.88 Å². The lowest BCUT2D eigenvalue weighted by Crippen LogP contribution is -1.90. The third kappa shape index (κ3) is 1.75. The minimum atomic E-state index is 0.318. The van der Waals surface area contributed by atoms with E-state index in [1.54, 1.807) is 12.3 Å². The SMILES string of the molecule is Cn1ccnc1-c1ccc(-c2cc(N)on2)cc1. The smallest absolute Gasteiger partial charge is 0.222 e. The van der Waals surface area contributed by atoms with Crippen LogP contribution in [-0.4, -0.2) is 14.7 Å². The Bertz CT molecular complexity index is 666. The van der Waals surface area contributed by atoms with Crippen LogP contribution in [0.2, 0.25) is 0 Å². The van der Waals surface area contributed by atoms with Crippen LogP contribution in [0.5, 0.6) is 0 Å². The number of aromatic nitrogens is 3. The largest absolute Gasteiger partial charge is 0.368 e. The molecule has 90 valence electrons. The van der Waals surface area contributed by atoms with Gasteiger partial charge in [0.15, 0.2) is 0 Å². The quantitative estimate of drug-likeness (QED) is 0.746. The van der Waals surface area contributed by atoms with Crippen molar-refractivity contribution in [3.8, 4) is 22.6 Å². The topological polar surface area (TPSA) is 69.9 Å². The molecule has 3 aromatic rings. The Morgan fingerprint density at radius 1 is 1.17 bits per heavy atom. The summed E-state index contributed by atoms with van der Waals surface area (Å²) in [7, 11) is 1.97. The van der Waals surface area contributed by atoms with Crippen molar-refractivity contribution >= 4 is 5.88 Å². The number of rotatable bonds is 2. The van der Waals surface area contributed by atoms with E-state index in [9.17, 15) is 0 Å². The molecule has 2 N–H and O–H groups in total. The molecule has 0 fully saturated rings. The predicted octanol–water partition coefficient (Wildman–Crippen LogP) is 2.32. The molecule has 2 heterocycles. The molecule has 2 aromatic heterocycles. The van der Waals surface area contributed by atoms with E-state index in [2.05, 4.69) is 10.1 Å². The summed E-state index contributed by atoms with van der Waals surface area (Å²) < 4.78 is 6.83. The van der Waals surface area contributed by atoms with E-state index in [0.717, 1.165) is 22.6 Å². The molecule has 0 aliphatic carbocycles. The van der Waals surface area contributed by atoms with Crippen LogP contribution in [-0.2, 0) is 7.05 Å². The Morgan fingerprint density at radius 2 is 1.89 bits per heavy atom. The summed E-state index contributed by atoms with van der Waals surface area (Å²) in [6, 6.07) is 9.66. The lowest BCUT2D eigenvalue weighted by Gasteiger charge is -2.02. The minimum absolute atomic E-state index is 0.318. The summed E-state index contributed by atoms with van der Waals surface area (Å²) in [5.74, 6) is 1.25. The van der Waals surface area contributed by atoms with Gasteiger partial charge in [-0.05, 0) is 0 Å². The van der Waals surface area contributed by atoms with Crippen LogP contribution < -0.4 is 5.73 Å². The van der Waals surface area contributed by atoms with E-state index in [1.807, 2.05) is 42.1 Å². The van der Waals surface area contributed by atoms with Crippen molar-refractivity contribution in [2.45, 2.75) is 0 Å². The molecule has 0 unspecified atom stereocenters. The second-order valence-corrected chi connectivity index (χ2v) is 4.05. The average Bonchev–Trinajstić information content (AvgIpc) is 2.98. The van der Waals surface area contributed by atoms with Gasteiger partial charge in [-0.25, -0.2) is 4.98 Å². The lowest BCUT2D eigenvalue weighted by atomic mass is 10.1. The van der Waals surface area contributed by atoms with E-state index < -0.39 is 0 Å². The van der Waals surface area contributed by atoms with Gasteiger partial charge in [-0.15, -0.1) is 0 Å². The molecule has 0 radical (unpaired) electrons. The zero-order chi connectivity index (χ0) is 12.5. The van der Waals surface area contributed by atoms with Crippen LogP contribution >= 0.6 is 0 Å². The van der Waals surface area contributed by atoms with Crippen molar-refractivity contribution in [2.75, 3.05) is 5.73 Å². The van der Waals surface area contributed by atoms with Gasteiger partial charge >= 0.3 is 0 Å². The minimum Gasteiger partial charge on any atom is -0.368 e. The van der Waals surface area contributed by atoms with Crippen molar-refractivity contribution in [1.29, 1.82) is 0 Å². The number of nitrogen functional groups attached to an aromatic ring is 1. The summed E-state index contributed by atoms with van der Waals surface area (Å²) >= 11 is 0. The second-order valence-electron chi connectivity index (χ2n) is 4.05. The first-order chi connectivity index (χ1) is 8.74. The van der Waals surface area contributed by atoms with Gasteiger partial charge in [-0.3, -0.25) is 0 Å². The number of imidazole rings is 1. The van der Waals surface area contributed by atoms with Crippen LogP contribution in [0.1, 0.15) is 0 Å². The van der Waals surface area contributed by atoms with E-state index >= 15 is 0 Å². The molecule has 18 heavy (non-hydrogen) atoms. The van der Waals surface area contributed by atoms with Gasteiger partial charge < -0.3 is 14.8 Å². The monoisotopic (exact) mass is 240 g/mol. The molecular weight excluding hydrogens is 228 g/mol. The Hall–Kier alpha value is -2.56. The number of aryl methyl sites for hydroxylation is 1. The molecular formula is C13H12N4O. The molecule has 0 saturated heterocycles. The summed E-state index contributed by atoms with van der Waals surface area (Å²) in [6.07, 6.45) is 3.70. The first-order valence-corrected chi connectivity index (χ1v) is 5.54. The normalized spacial score (nSPS) is 10.7. The highest BCUT2D eigenvalue weighted by atomic mass is 16.5. The van der Waals surface area contributed by atoms with Gasteiger partial charge in [-0.2, -0.15) is 0 Å².